The zero-order valence-corrected chi connectivity index (χ0v) is 14.6. The van der Waals surface area contributed by atoms with Gasteiger partial charge in [-0.15, -0.1) is 0 Å². The normalized spacial score (nSPS) is 12.4. The number of primary sulfonamides is 1. The van der Waals surface area contributed by atoms with Gasteiger partial charge in [0, 0.05) is 6.04 Å². The van der Waals surface area contributed by atoms with Crippen LogP contribution >= 0.6 is 11.6 Å². The predicted molar refractivity (Wildman–Crippen MR) is 89.1 cm³/mol. The van der Waals surface area contributed by atoms with Gasteiger partial charge in [0.05, 0.1) is 15.6 Å². The van der Waals surface area contributed by atoms with Gasteiger partial charge in [-0.1, -0.05) is 39.3 Å². The maximum absolute atomic E-state index is 11.4. The number of anilines is 1. The Morgan fingerprint density at radius 2 is 1.67 bits per heavy atom. The van der Waals surface area contributed by atoms with Crippen molar-refractivity contribution < 1.29 is 8.42 Å². The smallest absolute Gasteiger partial charge is 0.238 e. The maximum atomic E-state index is 11.4. The van der Waals surface area contributed by atoms with Crippen molar-refractivity contribution >= 4 is 27.3 Å². The van der Waals surface area contributed by atoms with Gasteiger partial charge in [-0.2, -0.15) is 0 Å². The van der Waals surface area contributed by atoms with Crippen LogP contribution in [0.1, 0.15) is 40.5 Å². The standard InChI is InChI=1S/C15H25ClN2O2S/c1-10(2)7-12(8-11(3)4)18-15-9-13(21(17,19)20)5-6-14(15)16/h5-6,9-12,18H,7-8H2,1-4H3,(H2,17,19,20). The van der Waals surface area contributed by atoms with Gasteiger partial charge in [0.15, 0.2) is 0 Å². The second-order valence-electron chi connectivity index (χ2n) is 6.29. The van der Waals surface area contributed by atoms with Gasteiger partial charge in [0.2, 0.25) is 10.0 Å². The molecule has 3 N–H and O–H groups in total. The summed E-state index contributed by atoms with van der Waals surface area (Å²) in [6, 6.07) is 4.73. The molecule has 0 aliphatic rings. The van der Waals surface area contributed by atoms with E-state index in [1.165, 1.54) is 12.1 Å². The molecule has 0 unspecified atom stereocenters. The lowest BCUT2D eigenvalue weighted by Gasteiger charge is -2.24. The van der Waals surface area contributed by atoms with Crippen LogP contribution in [0, 0.1) is 11.8 Å². The first-order valence-electron chi connectivity index (χ1n) is 7.18. The van der Waals surface area contributed by atoms with Crippen LogP contribution in [0.2, 0.25) is 5.02 Å². The van der Waals surface area contributed by atoms with Gasteiger partial charge in [-0.25, -0.2) is 13.6 Å². The van der Waals surface area contributed by atoms with E-state index in [2.05, 4.69) is 33.0 Å². The van der Waals surface area contributed by atoms with E-state index in [1.54, 1.807) is 6.07 Å². The Kier molecular flexibility index (Phi) is 6.50. The van der Waals surface area contributed by atoms with Gasteiger partial charge >= 0.3 is 0 Å². The summed E-state index contributed by atoms with van der Waals surface area (Å²) >= 11 is 6.17. The second kappa shape index (κ2) is 7.47. The van der Waals surface area contributed by atoms with E-state index in [0.29, 0.717) is 22.5 Å². The molecular formula is C15H25ClN2O2S. The van der Waals surface area contributed by atoms with Crippen LogP contribution in [0.3, 0.4) is 0 Å². The first-order valence-corrected chi connectivity index (χ1v) is 9.11. The molecule has 120 valence electrons. The molecule has 1 aromatic rings. The number of nitrogens with two attached hydrogens (primary N) is 1. The fraction of sp³-hybridized carbons (Fsp3) is 0.600. The molecule has 21 heavy (non-hydrogen) atoms. The zero-order chi connectivity index (χ0) is 16.2. The molecule has 6 heteroatoms. The Bertz CT molecular complexity index is 561. The highest BCUT2D eigenvalue weighted by Gasteiger charge is 2.16. The third-order valence-corrected chi connectivity index (χ3v) is 4.38. The van der Waals surface area contributed by atoms with Gasteiger partial charge in [-0.3, -0.25) is 0 Å². The van der Waals surface area contributed by atoms with Crippen LogP contribution in [0.5, 0.6) is 0 Å². The Hall–Kier alpha value is -0.780. The van der Waals surface area contributed by atoms with E-state index in [4.69, 9.17) is 16.7 Å². The Labute approximate surface area is 133 Å². The Morgan fingerprint density at radius 1 is 1.14 bits per heavy atom. The summed E-state index contributed by atoms with van der Waals surface area (Å²) in [6.07, 6.45) is 1.99. The van der Waals surface area contributed by atoms with Crippen LogP contribution in [-0.4, -0.2) is 14.5 Å². The van der Waals surface area contributed by atoms with Crippen molar-refractivity contribution in [1.82, 2.24) is 0 Å². The average molecular weight is 333 g/mol. The lowest BCUT2D eigenvalue weighted by molar-refractivity contribution is 0.442. The Balaban J connectivity index is 3.02. The molecule has 0 amide bonds. The van der Waals surface area contributed by atoms with Crippen LogP contribution < -0.4 is 10.5 Å². The monoisotopic (exact) mass is 332 g/mol. The van der Waals surface area contributed by atoms with E-state index in [0.717, 1.165) is 12.8 Å². The molecular weight excluding hydrogens is 308 g/mol. The highest BCUT2D eigenvalue weighted by Crippen LogP contribution is 2.27. The van der Waals surface area contributed by atoms with E-state index in [1.807, 2.05) is 0 Å². The van der Waals surface area contributed by atoms with Gasteiger partial charge in [-0.05, 0) is 42.9 Å². The minimum Gasteiger partial charge on any atom is -0.381 e. The van der Waals surface area contributed by atoms with Crippen molar-refractivity contribution in [1.29, 1.82) is 0 Å². The van der Waals surface area contributed by atoms with Crippen molar-refractivity contribution in [3.63, 3.8) is 0 Å². The van der Waals surface area contributed by atoms with Crippen molar-refractivity contribution in [3.05, 3.63) is 23.2 Å². The van der Waals surface area contributed by atoms with Crippen molar-refractivity contribution in [2.75, 3.05) is 5.32 Å². The molecule has 0 spiro atoms. The summed E-state index contributed by atoms with van der Waals surface area (Å²) in [7, 11) is -3.72. The third kappa shape index (κ3) is 6.24. The van der Waals surface area contributed by atoms with E-state index < -0.39 is 10.0 Å². The number of hydrogen-bond donors (Lipinski definition) is 2. The highest BCUT2D eigenvalue weighted by molar-refractivity contribution is 7.89. The number of benzene rings is 1. The first kappa shape index (κ1) is 18.3. The fourth-order valence-corrected chi connectivity index (χ4v) is 3.08. The van der Waals surface area contributed by atoms with Crippen molar-refractivity contribution in [2.45, 2.75) is 51.5 Å². The summed E-state index contributed by atoms with van der Waals surface area (Å²) in [5.41, 5.74) is 0.620. The molecule has 0 saturated heterocycles. The molecule has 0 aliphatic carbocycles. The summed E-state index contributed by atoms with van der Waals surface area (Å²) in [5.74, 6) is 1.09. The molecule has 0 radical (unpaired) electrons. The average Bonchev–Trinajstić information content (AvgIpc) is 2.28. The molecule has 0 fully saturated rings. The molecule has 0 bridgehead atoms. The summed E-state index contributed by atoms with van der Waals surface area (Å²) < 4.78 is 22.9. The molecule has 0 heterocycles. The van der Waals surface area contributed by atoms with Gasteiger partial charge in [0.1, 0.15) is 0 Å². The third-order valence-electron chi connectivity index (χ3n) is 3.14. The maximum Gasteiger partial charge on any atom is 0.238 e. The van der Waals surface area contributed by atoms with E-state index in [-0.39, 0.29) is 10.9 Å². The van der Waals surface area contributed by atoms with Crippen LogP contribution in [0.15, 0.2) is 23.1 Å². The number of rotatable bonds is 7. The van der Waals surface area contributed by atoms with Crippen molar-refractivity contribution in [2.24, 2.45) is 17.0 Å². The molecule has 1 aromatic carbocycles. The van der Waals surface area contributed by atoms with Gasteiger partial charge < -0.3 is 5.32 Å². The highest BCUT2D eigenvalue weighted by atomic mass is 35.5. The lowest BCUT2D eigenvalue weighted by atomic mass is 9.95. The number of halogens is 1. The Morgan fingerprint density at radius 3 is 2.10 bits per heavy atom. The van der Waals surface area contributed by atoms with Gasteiger partial charge in [0.25, 0.3) is 0 Å². The number of hydrogen-bond acceptors (Lipinski definition) is 3. The molecule has 4 nitrogen and oxygen atoms in total. The summed E-state index contributed by atoms with van der Waals surface area (Å²) in [5, 5.41) is 9.04. The number of sulfonamides is 1. The molecule has 0 aliphatic heterocycles. The zero-order valence-electron chi connectivity index (χ0n) is 13.1. The summed E-state index contributed by atoms with van der Waals surface area (Å²) in [6.45, 7) is 8.66. The number of nitrogens with one attached hydrogen (secondary N) is 1. The quantitative estimate of drug-likeness (QED) is 0.796. The minimum absolute atomic E-state index is 0.0715. The first-order chi connectivity index (χ1) is 9.59. The second-order valence-corrected chi connectivity index (χ2v) is 8.26. The summed E-state index contributed by atoms with van der Waals surface area (Å²) in [4.78, 5) is 0.0715. The SMILES string of the molecule is CC(C)CC(CC(C)C)Nc1cc(S(N)(=O)=O)ccc1Cl. The van der Waals surface area contributed by atoms with E-state index in [9.17, 15) is 8.42 Å². The molecule has 0 atom stereocenters. The molecule has 1 rings (SSSR count). The topological polar surface area (TPSA) is 72.2 Å². The van der Waals surface area contributed by atoms with Crippen LogP contribution in [0.25, 0.3) is 0 Å². The van der Waals surface area contributed by atoms with Crippen LogP contribution in [0.4, 0.5) is 5.69 Å². The largest absolute Gasteiger partial charge is 0.381 e. The fourth-order valence-electron chi connectivity index (χ4n) is 2.36. The predicted octanol–water partition coefficient (Wildman–Crippen LogP) is 3.86. The van der Waals surface area contributed by atoms with E-state index >= 15 is 0 Å². The minimum atomic E-state index is -3.72. The van der Waals surface area contributed by atoms with Crippen molar-refractivity contribution in [3.8, 4) is 0 Å². The molecule has 0 saturated carbocycles. The lowest BCUT2D eigenvalue weighted by Crippen LogP contribution is -2.24. The molecule has 0 aromatic heterocycles. The van der Waals surface area contributed by atoms with Crippen LogP contribution in [-0.2, 0) is 10.0 Å².